The summed E-state index contributed by atoms with van der Waals surface area (Å²) in [6.45, 7) is 13.0. The van der Waals surface area contributed by atoms with Crippen LogP contribution in [0, 0.1) is 0 Å². The number of rotatable bonds is 11. The van der Waals surface area contributed by atoms with Crippen molar-refractivity contribution in [3.05, 3.63) is 72.3 Å². The van der Waals surface area contributed by atoms with Gasteiger partial charge in [0.2, 0.25) is 24.5 Å². The van der Waals surface area contributed by atoms with Gasteiger partial charge in [-0.25, -0.2) is 30.8 Å². The third-order valence-electron chi connectivity index (χ3n) is 8.67. The van der Waals surface area contributed by atoms with Gasteiger partial charge in [0.15, 0.2) is 15.9 Å². The average molecular weight is 765 g/mol. The molecule has 0 bridgehead atoms. The molecule has 1 aliphatic heterocycles. The number of carbonyl (C=O) groups is 3. The van der Waals surface area contributed by atoms with Crippen LogP contribution in [0.15, 0.2) is 75.1 Å². The van der Waals surface area contributed by atoms with Gasteiger partial charge in [-0.05, 0) is 48.7 Å². The predicted octanol–water partition coefficient (Wildman–Crippen LogP) is 4.49. The Labute approximate surface area is 299 Å². The average Bonchev–Trinajstić information content (AvgIpc) is 3.51. The molecule has 2 heterocycles. The number of thiophene rings is 1. The zero-order valence-electron chi connectivity index (χ0n) is 29.3. The van der Waals surface area contributed by atoms with E-state index in [2.05, 4.69) is 4.39 Å². The fourth-order valence-electron chi connectivity index (χ4n) is 6.20. The van der Waals surface area contributed by atoms with Crippen molar-refractivity contribution in [1.29, 1.82) is 0 Å². The van der Waals surface area contributed by atoms with E-state index in [1.807, 2.05) is 81.4 Å². The highest BCUT2D eigenvalue weighted by molar-refractivity contribution is 7.96. The van der Waals surface area contributed by atoms with Gasteiger partial charge < -0.3 is 19.1 Å². The molecule has 12 nitrogen and oxygen atoms in total. The summed E-state index contributed by atoms with van der Waals surface area (Å²) in [6.07, 6.45) is -3.53. The van der Waals surface area contributed by atoms with Crippen LogP contribution in [0.1, 0.15) is 73.4 Å². The summed E-state index contributed by atoms with van der Waals surface area (Å²) in [5, 5.41) is 0.140. The third kappa shape index (κ3) is 7.83. The van der Waals surface area contributed by atoms with Crippen LogP contribution in [0.3, 0.4) is 0 Å². The molecule has 0 fully saturated rings. The summed E-state index contributed by atoms with van der Waals surface area (Å²) in [6, 6.07) is 19.3. The summed E-state index contributed by atoms with van der Waals surface area (Å²) in [7, 11) is -11.7. The van der Waals surface area contributed by atoms with Crippen molar-refractivity contribution in [3.63, 3.8) is 0 Å². The van der Waals surface area contributed by atoms with Gasteiger partial charge in [-0.15, -0.1) is 11.3 Å². The molecule has 1 aromatic heterocycles. The van der Waals surface area contributed by atoms with Gasteiger partial charge in [0.25, 0.3) is 0 Å². The van der Waals surface area contributed by atoms with E-state index in [1.54, 1.807) is 6.92 Å². The standard InChI is InChI=1S/C34H44N2O10S3Si/c1-9-36(33(39)46-25(5)45-31(38)23(3)44-24(4)37)29-20-22(2)48(40,41)32-28(29)21-30(47-32)49(42,43)35-50(34(6,7)8,26-16-12-10-13-17-26)27-18-14-11-15-19-27/h10-19,21-23,25,29,35H,9,20H2,1-8H3/t22-,23-,25?,29-/m0/s1. The van der Waals surface area contributed by atoms with Gasteiger partial charge in [0.1, 0.15) is 8.42 Å². The summed E-state index contributed by atoms with van der Waals surface area (Å²) in [4.78, 5) is 38.2. The molecule has 1 amide bonds. The Balaban J connectivity index is 1.75. The topological polar surface area (TPSA) is 162 Å². The number of sulfonamides is 1. The molecule has 0 saturated carbocycles. The smallest absolute Gasteiger partial charge is 0.413 e. The van der Waals surface area contributed by atoms with Crippen LogP contribution < -0.4 is 14.8 Å². The fraction of sp³-hybridized carbons (Fsp3) is 0.441. The minimum Gasteiger partial charge on any atom is -0.451 e. The van der Waals surface area contributed by atoms with Gasteiger partial charge in [-0.2, -0.15) is 0 Å². The van der Waals surface area contributed by atoms with E-state index >= 15 is 0 Å². The van der Waals surface area contributed by atoms with E-state index in [9.17, 15) is 31.2 Å². The van der Waals surface area contributed by atoms with Crippen LogP contribution in [0.25, 0.3) is 0 Å². The van der Waals surface area contributed by atoms with Gasteiger partial charge in [0.05, 0.1) is 11.3 Å². The quantitative estimate of drug-likeness (QED) is 0.167. The molecule has 0 radical (unpaired) electrons. The second-order valence-corrected chi connectivity index (χ2v) is 23.5. The SMILES string of the molecule is CCN(C(=O)OC(C)OC(=O)[C@H](C)OC(C)=O)[C@H]1C[C@H](C)S(=O)(=O)c2sc(S(=O)(=O)N[Si](c3ccccc3)(c3ccccc3)C(C)(C)C)cc21. The lowest BCUT2D eigenvalue weighted by Crippen LogP contribution is -2.74. The molecule has 1 aliphatic rings. The van der Waals surface area contributed by atoms with Crippen molar-refractivity contribution in [1.82, 2.24) is 9.29 Å². The van der Waals surface area contributed by atoms with Crippen molar-refractivity contribution < 1.29 is 45.4 Å². The maximum absolute atomic E-state index is 14.6. The van der Waals surface area contributed by atoms with Crippen molar-refractivity contribution in [2.75, 3.05) is 6.54 Å². The van der Waals surface area contributed by atoms with Crippen molar-refractivity contribution >= 4 is 67.8 Å². The van der Waals surface area contributed by atoms with E-state index in [1.165, 1.54) is 31.7 Å². The third-order valence-corrected chi connectivity index (χ3v) is 20.9. The van der Waals surface area contributed by atoms with Crippen LogP contribution in [0.5, 0.6) is 0 Å². The zero-order chi connectivity index (χ0) is 37.2. The van der Waals surface area contributed by atoms with Gasteiger partial charge in [0, 0.05) is 26.0 Å². The van der Waals surface area contributed by atoms with Crippen molar-refractivity contribution in [3.8, 4) is 0 Å². The van der Waals surface area contributed by atoms with Gasteiger partial charge >= 0.3 is 18.0 Å². The Hall–Kier alpha value is -3.57. The monoisotopic (exact) mass is 764 g/mol. The summed E-state index contributed by atoms with van der Waals surface area (Å²) in [5.41, 5.74) is 0.169. The highest BCUT2D eigenvalue weighted by Gasteiger charge is 2.52. The lowest BCUT2D eigenvalue weighted by molar-refractivity contribution is -0.182. The minimum atomic E-state index is -4.35. The number of hydrogen-bond acceptors (Lipinski definition) is 11. The molecular weight excluding hydrogens is 721 g/mol. The first-order chi connectivity index (χ1) is 23.3. The number of amides is 1. The summed E-state index contributed by atoms with van der Waals surface area (Å²) in [5.74, 6) is -1.61. The van der Waals surface area contributed by atoms with E-state index in [0.717, 1.165) is 17.3 Å². The van der Waals surface area contributed by atoms with E-state index in [-0.39, 0.29) is 26.9 Å². The number of carbonyl (C=O) groups excluding carboxylic acids is 3. The molecule has 0 aliphatic carbocycles. The van der Waals surface area contributed by atoms with Gasteiger partial charge in [-0.1, -0.05) is 81.4 Å². The Bertz CT molecular complexity index is 1890. The Morgan fingerprint density at radius 3 is 2.00 bits per heavy atom. The number of hydrogen-bond donors (Lipinski definition) is 1. The Kier molecular flexibility index (Phi) is 11.7. The first-order valence-electron chi connectivity index (χ1n) is 16.1. The molecular formula is C34H44N2O10S3Si. The van der Waals surface area contributed by atoms with Crippen LogP contribution in [-0.2, 0) is 43.7 Å². The molecule has 0 saturated heterocycles. The molecule has 1 N–H and O–H groups in total. The number of ether oxygens (including phenoxy) is 3. The molecule has 0 spiro atoms. The summed E-state index contributed by atoms with van der Waals surface area (Å²) >= 11 is 0.663. The minimum absolute atomic E-state index is 0.0196. The van der Waals surface area contributed by atoms with Crippen LogP contribution in [0.4, 0.5) is 4.79 Å². The molecule has 1 unspecified atom stereocenters. The number of nitrogens with zero attached hydrogens (tertiary/aromatic N) is 1. The molecule has 2 aromatic carbocycles. The number of nitrogens with one attached hydrogen (secondary N) is 1. The highest BCUT2D eigenvalue weighted by Crippen LogP contribution is 2.46. The number of sulfone groups is 1. The van der Waals surface area contributed by atoms with Crippen LogP contribution in [-0.4, -0.2) is 72.2 Å². The molecule has 16 heteroatoms. The van der Waals surface area contributed by atoms with Gasteiger partial charge in [-0.3, -0.25) is 4.79 Å². The van der Waals surface area contributed by atoms with Crippen molar-refractivity contribution in [2.24, 2.45) is 0 Å². The lowest BCUT2D eigenvalue weighted by atomic mass is 10.0. The van der Waals surface area contributed by atoms with E-state index in [4.69, 9.17) is 14.2 Å². The molecule has 4 rings (SSSR count). The number of esters is 2. The lowest BCUT2D eigenvalue weighted by Gasteiger charge is -2.43. The van der Waals surface area contributed by atoms with Crippen LogP contribution >= 0.6 is 11.3 Å². The molecule has 3 aromatic rings. The first-order valence-corrected chi connectivity index (χ1v) is 22.0. The second kappa shape index (κ2) is 15.0. The highest BCUT2D eigenvalue weighted by atomic mass is 32.3. The predicted molar refractivity (Wildman–Crippen MR) is 192 cm³/mol. The summed E-state index contributed by atoms with van der Waals surface area (Å²) < 4.78 is 74.6. The molecule has 4 atom stereocenters. The maximum Gasteiger partial charge on any atom is 0.413 e. The fourth-order valence-corrected chi connectivity index (χ4v) is 18.6. The number of fused-ring (bicyclic) bond motifs is 1. The Morgan fingerprint density at radius 1 is 0.980 bits per heavy atom. The molecule has 50 heavy (non-hydrogen) atoms. The van der Waals surface area contributed by atoms with E-state index < -0.39 is 74.9 Å². The van der Waals surface area contributed by atoms with Crippen LogP contribution in [0.2, 0.25) is 5.04 Å². The number of benzene rings is 2. The van der Waals surface area contributed by atoms with Crippen molar-refractivity contribution in [2.45, 2.75) is 99.0 Å². The largest absolute Gasteiger partial charge is 0.451 e. The molecule has 272 valence electrons. The Morgan fingerprint density at radius 2 is 1.52 bits per heavy atom. The van der Waals surface area contributed by atoms with E-state index in [0.29, 0.717) is 11.3 Å². The second-order valence-electron chi connectivity index (χ2n) is 13.2. The normalized spacial score (nSPS) is 18.6. The maximum atomic E-state index is 14.6. The zero-order valence-corrected chi connectivity index (χ0v) is 32.8. The first kappa shape index (κ1) is 39.2.